The summed E-state index contributed by atoms with van der Waals surface area (Å²) in [7, 11) is 1.63. The standard InChI is InChI=1S/C17H16N2O2/c1-21-16-10-6-5-9-13(16)15-11-14(18-17(20)19-15)12-7-3-2-4-8-12/h2-11,15H,1H3,(H2,18,19,20)/t15-/m0/s1. The third-order valence-electron chi connectivity index (χ3n) is 3.43. The molecule has 3 rings (SSSR count). The molecule has 2 amide bonds. The summed E-state index contributed by atoms with van der Waals surface area (Å²) in [5, 5.41) is 5.74. The average molecular weight is 280 g/mol. The molecule has 1 heterocycles. The van der Waals surface area contributed by atoms with Gasteiger partial charge in [0.2, 0.25) is 0 Å². The second-order valence-corrected chi connectivity index (χ2v) is 4.76. The van der Waals surface area contributed by atoms with Gasteiger partial charge in [-0.15, -0.1) is 0 Å². The van der Waals surface area contributed by atoms with Gasteiger partial charge in [0, 0.05) is 11.3 Å². The maximum absolute atomic E-state index is 11.9. The van der Waals surface area contributed by atoms with Crippen LogP contribution >= 0.6 is 0 Å². The number of urea groups is 1. The molecule has 2 aromatic carbocycles. The van der Waals surface area contributed by atoms with E-state index in [9.17, 15) is 4.79 Å². The van der Waals surface area contributed by atoms with Crippen molar-refractivity contribution in [3.63, 3.8) is 0 Å². The molecule has 0 aliphatic carbocycles. The fraction of sp³-hybridized carbons (Fsp3) is 0.118. The predicted octanol–water partition coefficient (Wildman–Crippen LogP) is 3.09. The zero-order valence-corrected chi connectivity index (χ0v) is 11.7. The number of carbonyl (C=O) groups excluding carboxylic acids is 1. The van der Waals surface area contributed by atoms with Gasteiger partial charge in [-0.25, -0.2) is 4.79 Å². The number of carbonyl (C=O) groups is 1. The third kappa shape index (κ3) is 2.74. The highest BCUT2D eigenvalue weighted by Gasteiger charge is 2.22. The van der Waals surface area contributed by atoms with Gasteiger partial charge in [0.15, 0.2) is 0 Å². The van der Waals surface area contributed by atoms with Gasteiger partial charge in [0.25, 0.3) is 0 Å². The Morgan fingerprint density at radius 1 is 1.00 bits per heavy atom. The van der Waals surface area contributed by atoms with Crippen molar-refractivity contribution in [2.24, 2.45) is 0 Å². The fourth-order valence-corrected chi connectivity index (χ4v) is 2.43. The van der Waals surface area contributed by atoms with E-state index in [1.807, 2.05) is 60.7 Å². The van der Waals surface area contributed by atoms with E-state index in [4.69, 9.17) is 4.74 Å². The van der Waals surface area contributed by atoms with Crippen LogP contribution in [0, 0.1) is 0 Å². The number of hydrogen-bond donors (Lipinski definition) is 2. The maximum atomic E-state index is 11.9. The number of hydrogen-bond acceptors (Lipinski definition) is 2. The van der Waals surface area contributed by atoms with Gasteiger partial charge in [-0.3, -0.25) is 0 Å². The van der Waals surface area contributed by atoms with Crippen LogP contribution in [0.2, 0.25) is 0 Å². The van der Waals surface area contributed by atoms with Crippen molar-refractivity contribution in [1.29, 1.82) is 0 Å². The molecule has 1 atom stereocenters. The minimum Gasteiger partial charge on any atom is -0.496 e. The normalized spacial score (nSPS) is 17.5. The minimum atomic E-state index is -0.217. The highest BCUT2D eigenvalue weighted by atomic mass is 16.5. The quantitative estimate of drug-likeness (QED) is 0.907. The van der Waals surface area contributed by atoms with E-state index in [0.29, 0.717) is 0 Å². The fourth-order valence-electron chi connectivity index (χ4n) is 2.43. The zero-order valence-electron chi connectivity index (χ0n) is 11.7. The lowest BCUT2D eigenvalue weighted by molar-refractivity contribution is 0.241. The Labute approximate surface area is 123 Å². The second kappa shape index (κ2) is 5.71. The smallest absolute Gasteiger partial charge is 0.319 e. The van der Waals surface area contributed by atoms with E-state index in [-0.39, 0.29) is 12.1 Å². The Bertz CT molecular complexity index is 680. The lowest BCUT2D eigenvalue weighted by Crippen LogP contribution is -2.40. The Hall–Kier alpha value is -2.75. The van der Waals surface area contributed by atoms with Crippen molar-refractivity contribution in [3.8, 4) is 5.75 Å². The molecule has 0 bridgehead atoms. The van der Waals surface area contributed by atoms with Crippen LogP contribution in [0.5, 0.6) is 5.75 Å². The van der Waals surface area contributed by atoms with Gasteiger partial charge in [-0.2, -0.15) is 0 Å². The van der Waals surface area contributed by atoms with Crippen LogP contribution in [0.15, 0.2) is 60.7 Å². The molecule has 1 aliphatic heterocycles. The first-order chi connectivity index (χ1) is 10.3. The van der Waals surface area contributed by atoms with Crippen molar-refractivity contribution in [3.05, 3.63) is 71.8 Å². The van der Waals surface area contributed by atoms with Crippen molar-refractivity contribution < 1.29 is 9.53 Å². The van der Waals surface area contributed by atoms with E-state index in [1.165, 1.54) is 0 Å². The van der Waals surface area contributed by atoms with Gasteiger partial charge in [-0.1, -0.05) is 48.5 Å². The molecule has 0 aromatic heterocycles. The van der Waals surface area contributed by atoms with Crippen LogP contribution in [0.4, 0.5) is 4.79 Å². The van der Waals surface area contributed by atoms with E-state index in [0.717, 1.165) is 22.6 Å². The first-order valence-electron chi connectivity index (χ1n) is 6.75. The third-order valence-corrected chi connectivity index (χ3v) is 3.43. The molecular weight excluding hydrogens is 264 g/mol. The summed E-state index contributed by atoms with van der Waals surface area (Å²) in [5.41, 5.74) is 2.71. The van der Waals surface area contributed by atoms with Crippen molar-refractivity contribution in [1.82, 2.24) is 10.6 Å². The number of amides is 2. The molecule has 1 aliphatic rings. The van der Waals surface area contributed by atoms with Gasteiger partial charge in [0.05, 0.1) is 13.2 Å². The molecule has 2 aromatic rings. The molecule has 0 radical (unpaired) electrons. The molecule has 21 heavy (non-hydrogen) atoms. The molecular formula is C17H16N2O2. The van der Waals surface area contributed by atoms with E-state index in [2.05, 4.69) is 10.6 Å². The summed E-state index contributed by atoms with van der Waals surface area (Å²) >= 11 is 0. The zero-order chi connectivity index (χ0) is 14.7. The average Bonchev–Trinajstić information content (AvgIpc) is 2.55. The highest BCUT2D eigenvalue weighted by molar-refractivity contribution is 5.88. The van der Waals surface area contributed by atoms with Crippen LogP contribution < -0.4 is 15.4 Å². The molecule has 0 saturated carbocycles. The number of ether oxygens (including phenoxy) is 1. The summed E-state index contributed by atoms with van der Waals surface area (Å²) in [4.78, 5) is 11.9. The first-order valence-corrected chi connectivity index (χ1v) is 6.75. The van der Waals surface area contributed by atoms with Gasteiger partial charge in [-0.05, 0) is 17.7 Å². The summed E-state index contributed by atoms with van der Waals surface area (Å²) < 4.78 is 5.37. The lowest BCUT2D eigenvalue weighted by atomic mass is 10.0. The molecule has 106 valence electrons. The van der Waals surface area contributed by atoms with Crippen LogP contribution in [-0.4, -0.2) is 13.1 Å². The molecule has 4 heteroatoms. The van der Waals surface area contributed by atoms with E-state index >= 15 is 0 Å². The molecule has 0 unspecified atom stereocenters. The summed E-state index contributed by atoms with van der Waals surface area (Å²) in [6.07, 6.45) is 1.99. The Morgan fingerprint density at radius 2 is 1.71 bits per heavy atom. The Morgan fingerprint density at radius 3 is 2.48 bits per heavy atom. The molecule has 0 saturated heterocycles. The van der Waals surface area contributed by atoms with Gasteiger partial charge >= 0.3 is 6.03 Å². The first kappa shape index (κ1) is 13.2. The highest BCUT2D eigenvalue weighted by Crippen LogP contribution is 2.29. The number of methoxy groups -OCH3 is 1. The number of nitrogens with one attached hydrogen (secondary N) is 2. The number of para-hydroxylation sites is 1. The largest absolute Gasteiger partial charge is 0.496 e. The molecule has 2 N–H and O–H groups in total. The summed E-state index contributed by atoms with van der Waals surface area (Å²) in [6.45, 7) is 0. The SMILES string of the molecule is COc1ccccc1[C@@H]1C=C(c2ccccc2)NC(=O)N1. The van der Waals surface area contributed by atoms with E-state index < -0.39 is 0 Å². The monoisotopic (exact) mass is 280 g/mol. The van der Waals surface area contributed by atoms with E-state index in [1.54, 1.807) is 7.11 Å². The maximum Gasteiger partial charge on any atom is 0.319 e. The Kier molecular flexibility index (Phi) is 3.60. The van der Waals surface area contributed by atoms with Crippen molar-refractivity contribution in [2.45, 2.75) is 6.04 Å². The number of rotatable bonds is 3. The van der Waals surface area contributed by atoms with Crippen molar-refractivity contribution >= 4 is 11.7 Å². The second-order valence-electron chi connectivity index (χ2n) is 4.76. The molecule has 0 fully saturated rings. The topological polar surface area (TPSA) is 50.4 Å². The van der Waals surface area contributed by atoms with Crippen molar-refractivity contribution in [2.75, 3.05) is 7.11 Å². The van der Waals surface area contributed by atoms with Crippen LogP contribution in [0.1, 0.15) is 17.2 Å². The lowest BCUT2D eigenvalue weighted by Gasteiger charge is -2.25. The van der Waals surface area contributed by atoms with Crippen LogP contribution in [-0.2, 0) is 0 Å². The van der Waals surface area contributed by atoms with Crippen LogP contribution in [0.25, 0.3) is 5.70 Å². The summed E-state index contributed by atoms with van der Waals surface area (Å²) in [5.74, 6) is 0.758. The van der Waals surface area contributed by atoms with Crippen LogP contribution in [0.3, 0.4) is 0 Å². The number of benzene rings is 2. The van der Waals surface area contributed by atoms with Gasteiger partial charge in [0.1, 0.15) is 5.75 Å². The van der Waals surface area contributed by atoms with Gasteiger partial charge < -0.3 is 15.4 Å². The molecule has 0 spiro atoms. The molecule has 4 nitrogen and oxygen atoms in total. The minimum absolute atomic E-state index is 0.216. The summed E-state index contributed by atoms with van der Waals surface area (Å²) in [6, 6.07) is 17.0. The predicted molar refractivity (Wildman–Crippen MR) is 81.8 cm³/mol. The Balaban J connectivity index is 2.01.